The number of halogens is 2. The summed E-state index contributed by atoms with van der Waals surface area (Å²) in [4.78, 5) is 25.3. The van der Waals surface area contributed by atoms with E-state index >= 15 is 0 Å². The predicted octanol–water partition coefficient (Wildman–Crippen LogP) is 6.26. The van der Waals surface area contributed by atoms with Crippen molar-refractivity contribution < 1.29 is 19.1 Å². The van der Waals surface area contributed by atoms with E-state index in [2.05, 4.69) is 15.5 Å². The van der Waals surface area contributed by atoms with Gasteiger partial charge in [0.1, 0.15) is 22.9 Å². The number of esters is 1. The van der Waals surface area contributed by atoms with Crippen molar-refractivity contribution in [1.29, 1.82) is 0 Å². The molecule has 0 fully saturated rings. The molecule has 0 atom stereocenters. The molecule has 0 saturated heterocycles. The van der Waals surface area contributed by atoms with Crippen molar-refractivity contribution in [3.8, 4) is 16.9 Å². The van der Waals surface area contributed by atoms with E-state index < -0.39 is 5.97 Å². The van der Waals surface area contributed by atoms with E-state index in [9.17, 15) is 9.59 Å². The van der Waals surface area contributed by atoms with Gasteiger partial charge in [0.2, 0.25) is 5.91 Å². The number of hydrogen-bond donors (Lipinski definition) is 1. The SMILES string of the molecule is COC(=O)c1c(-c2ccc(Cl)cc2)csc1NC(=O)CSc1nnc(COc2cc(C)ccc2Cl)n1C. The standard InChI is InChI=1S/C25H22Cl2N4O4S2/c1-14-4-9-18(27)19(10-14)35-11-20-29-30-25(31(20)2)37-13-21(32)28-23-22(24(33)34-3)17(12-36-23)15-5-7-16(26)8-6-15/h4-10,12H,11,13H2,1-3H3,(H,28,32). The maximum Gasteiger partial charge on any atom is 0.341 e. The second-order valence-corrected chi connectivity index (χ2v) is 10.5. The Kier molecular flexibility index (Phi) is 8.75. The van der Waals surface area contributed by atoms with Crippen molar-refractivity contribution >= 4 is 63.2 Å². The van der Waals surface area contributed by atoms with Crippen LogP contribution in [0.5, 0.6) is 5.75 Å². The maximum atomic E-state index is 12.7. The van der Waals surface area contributed by atoms with Gasteiger partial charge in [-0.05, 0) is 42.3 Å². The number of nitrogens with one attached hydrogen (secondary N) is 1. The van der Waals surface area contributed by atoms with Gasteiger partial charge in [0, 0.05) is 23.0 Å². The lowest BCUT2D eigenvalue weighted by molar-refractivity contribution is -0.113. The molecule has 0 aliphatic carbocycles. The third-order valence-electron chi connectivity index (χ3n) is 5.29. The van der Waals surface area contributed by atoms with Crippen LogP contribution in [0.1, 0.15) is 21.7 Å². The molecule has 1 amide bonds. The minimum atomic E-state index is -0.541. The molecule has 0 aliphatic rings. The molecule has 4 aromatic rings. The van der Waals surface area contributed by atoms with Crippen molar-refractivity contribution in [2.75, 3.05) is 18.2 Å². The first-order valence-electron chi connectivity index (χ1n) is 10.9. The van der Waals surface area contributed by atoms with Gasteiger partial charge >= 0.3 is 5.97 Å². The van der Waals surface area contributed by atoms with Gasteiger partial charge in [-0.25, -0.2) is 4.79 Å². The largest absolute Gasteiger partial charge is 0.484 e. The number of thioether (sulfide) groups is 1. The van der Waals surface area contributed by atoms with Crippen LogP contribution in [0.2, 0.25) is 10.0 Å². The number of rotatable bonds is 9. The average molecular weight is 578 g/mol. The third kappa shape index (κ3) is 6.45. The zero-order valence-corrected chi connectivity index (χ0v) is 23.2. The first-order chi connectivity index (χ1) is 17.8. The highest BCUT2D eigenvalue weighted by Crippen LogP contribution is 2.37. The fourth-order valence-corrected chi connectivity index (χ4v) is 5.35. The van der Waals surface area contributed by atoms with Crippen LogP contribution in [0.25, 0.3) is 11.1 Å². The molecule has 0 unspecified atom stereocenters. The van der Waals surface area contributed by atoms with E-state index in [-0.39, 0.29) is 18.3 Å². The fraction of sp³-hybridized carbons (Fsp3) is 0.200. The Labute approximate surface area is 231 Å². The number of benzene rings is 2. The molecule has 12 heteroatoms. The first-order valence-corrected chi connectivity index (χ1v) is 13.5. The van der Waals surface area contributed by atoms with E-state index in [1.807, 2.05) is 19.1 Å². The number of aromatic nitrogens is 3. The molecule has 0 bridgehead atoms. The number of carbonyl (C=O) groups excluding carboxylic acids is 2. The van der Waals surface area contributed by atoms with E-state index in [0.717, 1.165) is 11.1 Å². The summed E-state index contributed by atoms with van der Waals surface area (Å²) < 4.78 is 12.5. The third-order valence-corrected chi connectivity index (χ3v) is 7.77. The van der Waals surface area contributed by atoms with Gasteiger partial charge in [-0.1, -0.05) is 53.2 Å². The van der Waals surface area contributed by atoms with Crippen molar-refractivity contribution in [3.63, 3.8) is 0 Å². The number of amides is 1. The first kappa shape index (κ1) is 27.0. The minimum absolute atomic E-state index is 0.0608. The van der Waals surface area contributed by atoms with Gasteiger partial charge in [0.05, 0.1) is 17.9 Å². The maximum absolute atomic E-state index is 12.7. The average Bonchev–Trinajstić information content (AvgIpc) is 3.46. The summed E-state index contributed by atoms with van der Waals surface area (Å²) >= 11 is 14.6. The molecule has 2 aromatic carbocycles. The van der Waals surface area contributed by atoms with Crippen molar-refractivity contribution in [3.05, 3.63) is 74.8 Å². The van der Waals surface area contributed by atoms with Crippen molar-refractivity contribution in [1.82, 2.24) is 14.8 Å². The summed E-state index contributed by atoms with van der Waals surface area (Å²) in [6, 6.07) is 12.6. The van der Waals surface area contributed by atoms with Crippen molar-refractivity contribution in [2.45, 2.75) is 18.7 Å². The summed E-state index contributed by atoms with van der Waals surface area (Å²) in [7, 11) is 3.10. The second-order valence-electron chi connectivity index (χ2n) is 7.87. The highest BCUT2D eigenvalue weighted by atomic mass is 35.5. The molecular formula is C25H22Cl2N4O4S2. The van der Waals surface area contributed by atoms with Gasteiger partial charge < -0.3 is 19.4 Å². The fourth-order valence-electron chi connectivity index (χ4n) is 3.35. The number of anilines is 1. The summed E-state index contributed by atoms with van der Waals surface area (Å²) in [5.74, 6) is 0.367. The van der Waals surface area contributed by atoms with E-state index in [4.69, 9.17) is 32.7 Å². The smallest absolute Gasteiger partial charge is 0.341 e. The van der Waals surface area contributed by atoms with E-state index in [0.29, 0.717) is 42.9 Å². The van der Waals surface area contributed by atoms with E-state index in [1.165, 1.54) is 30.2 Å². The van der Waals surface area contributed by atoms with Crippen LogP contribution in [-0.2, 0) is 23.2 Å². The number of methoxy groups -OCH3 is 1. The van der Waals surface area contributed by atoms with Gasteiger partial charge in [0.15, 0.2) is 11.0 Å². The van der Waals surface area contributed by atoms with Gasteiger partial charge in [-0.3, -0.25) is 4.79 Å². The van der Waals surface area contributed by atoms with Crippen LogP contribution in [0.15, 0.2) is 53.0 Å². The number of thiophene rings is 1. The van der Waals surface area contributed by atoms with Crippen LogP contribution in [0, 0.1) is 6.92 Å². The van der Waals surface area contributed by atoms with Gasteiger partial charge in [-0.2, -0.15) is 0 Å². The molecule has 2 aromatic heterocycles. The zero-order chi connectivity index (χ0) is 26.5. The zero-order valence-electron chi connectivity index (χ0n) is 20.1. The molecule has 4 rings (SSSR count). The number of hydrogen-bond acceptors (Lipinski definition) is 8. The molecule has 0 saturated carbocycles. The molecule has 0 spiro atoms. The van der Waals surface area contributed by atoms with Crippen LogP contribution >= 0.6 is 46.3 Å². The molecule has 8 nitrogen and oxygen atoms in total. The molecule has 2 heterocycles. The Morgan fingerprint density at radius 3 is 2.62 bits per heavy atom. The van der Waals surface area contributed by atoms with Crippen LogP contribution < -0.4 is 10.1 Å². The molecule has 0 radical (unpaired) electrons. The summed E-state index contributed by atoms with van der Waals surface area (Å²) in [5.41, 5.74) is 2.77. The van der Waals surface area contributed by atoms with Crippen molar-refractivity contribution in [2.24, 2.45) is 7.05 Å². The van der Waals surface area contributed by atoms with Crippen LogP contribution in [0.3, 0.4) is 0 Å². The quantitative estimate of drug-likeness (QED) is 0.186. The molecule has 37 heavy (non-hydrogen) atoms. The lowest BCUT2D eigenvalue weighted by Crippen LogP contribution is -2.16. The predicted molar refractivity (Wildman–Crippen MR) is 147 cm³/mol. The molecular weight excluding hydrogens is 555 g/mol. The Bertz CT molecular complexity index is 1440. The summed E-state index contributed by atoms with van der Waals surface area (Å²) in [6.07, 6.45) is 0. The topological polar surface area (TPSA) is 95.3 Å². The van der Waals surface area contributed by atoms with E-state index in [1.54, 1.807) is 47.3 Å². The highest BCUT2D eigenvalue weighted by Gasteiger charge is 2.23. The summed E-state index contributed by atoms with van der Waals surface area (Å²) in [6.45, 7) is 2.12. The normalized spacial score (nSPS) is 10.8. The van der Waals surface area contributed by atoms with Gasteiger partial charge in [-0.15, -0.1) is 21.5 Å². The Morgan fingerprint density at radius 2 is 1.89 bits per heavy atom. The second kappa shape index (κ2) is 12.0. The lowest BCUT2D eigenvalue weighted by atomic mass is 10.0. The number of nitrogens with zero attached hydrogens (tertiary/aromatic N) is 3. The molecule has 192 valence electrons. The van der Waals surface area contributed by atoms with Crippen LogP contribution in [0.4, 0.5) is 5.00 Å². The summed E-state index contributed by atoms with van der Waals surface area (Å²) in [5, 5.41) is 15.0. The number of carbonyl (C=O) groups is 2. The minimum Gasteiger partial charge on any atom is -0.484 e. The Balaban J connectivity index is 1.40. The molecule has 0 aliphatic heterocycles. The Hall–Kier alpha value is -3.05. The lowest BCUT2D eigenvalue weighted by Gasteiger charge is -2.09. The Morgan fingerprint density at radius 1 is 1.14 bits per heavy atom. The highest BCUT2D eigenvalue weighted by molar-refractivity contribution is 7.99. The van der Waals surface area contributed by atoms with Crippen LogP contribution in [-0.4, -0.2) is 39.5 Å². The number of aryl methyl sites for hydroxylation is 1. The number of ether oxygens (including phenoxy) is 2. The molecule has 1 N–H and O–H groups in total. The van der Waals surface area contributed by atoms with Gasteiger partial charge in [0.25, 0.3) is 0 Å². The monoisotopic (exact) mass is 576 g/mol.